The molecule has 0 radical (unpaired) electrons. The van der Waals surface area contributed by atoms with E-state index in [1.807, 2.05) is 7.05 Å². The predicted molar refractivity (Wildman–Crippen MR) is 107 cm³/mol. The number of piperidine rings is 1. The van der Waals surface area contributed by atoms with E-state index in [9.17, 15) is 4.39 Å². The summed E-state index contributed by atoms with van der Waals surface area (Å²) in [5.74, 6) is 0.747. The number of hydrogen-bond acceptors (Lipinski definition) is 4. The number of thiazole rings is 1. The molecule has 5 rings (SSSR count). The van der Waals surface area contributed by atoms with Crippen LogP contribution in [0.25, 0.3) is 10.2 Å². The molecule has 1 aliphatic heterocycles. The standard InChI is InChI=1S/C21H28FN3S/c1-23-20-24-17-13-16-14(12-19(17)26-20)11-18-15-5-2-3-6-21(15,16)7-10-25(18)9-4-8-22/h12-13,15,18H,2-11H2,1H3,(H,23,24)/t15-,18+,21+/m0/s1. The van der Waals surface area contributed by atoms with Gasteiger partial charge in [0.1, 0.15) is 0 Å². The lowest BCUT2D eigenvalue weighted by molar-refractivity contribution is -0.0121. The van der Waals surface area contributed by atoms with Gasteiger partial charge in [0.05, 0.1) is 16.9 Å². The molecule has 26 heavy (non-hydrogen) atoms. The Morgan fingerprint density at radius 3 is 3.12 bits per heavy atom. The molecule has 0 amide bonds. The molecule has 5 heteroatoms. The molecule has 1 N–H and O–H groups in total. The number of alkyl halides is 1. The summed E-state index contributed by atoms with van der Waals surface area (Å²) in [7, 11) is 1.95. The number of anilines is 1. The summed E-state index contributed by atoms with van der Waals surface area (Å²) in [6, 6.07) is 5.45. The Balaban J connectivity index is 1.61. The molecule has 3 nitrogen and oxygen atoms in total. The van der Waals surface area contributed by atoms with E-state index < -0.39 is 0 Å². The van der Waals surface area contributed by atoms with Crippen LogP contribution >= 0.6 is 11.3 Å². The second kappa shape index (κ2) is 6.45. The molecule has 1 saturated heterocycles. The summed E-state index contributed by atoms with van der Waals surface area (Å²) in [5, 5.41) is 4.21. The number of rotatable bonds is 4. The predicted octanol–water partition coefficient (Wildman–Crippen LogP) is 4.76. The van der Waals surface area contributed by atoms with Gasteiger partial charge in [0.25, 0.3) is 0 Å². The van der Waals surface area contributed by atoms with E-state index in [0.717, 1.165) is 36.1 Å². The summed E-state index contributed by atoms with van der Waals surface area (Å²) < 4.78 is 14.1. The van der Waals surface area contributed by atoms with Gasteiger partial charge < -0.3 is 5.32 Å². The number of halogens is 1. The minimum Gasteiger partial charge on any atom is -0.365 e. The van der Waals surface area contributed by atoms with Crippen LogP contribution in [0.15, 0.2) is 12.1 Å². The minimum atomic E-state index is -0.191. The smallest absolute Gasteiger partial charge is 0.183 e. The molecule has 2 bridgehead atoms. The highest BCUT2D eigenvalue weighted by Crippen LogP contribution is 2.56. The first-order chi connectivity index (χ1) is 12.7. The van der Waals surface area contributed by atoms with Gasteiger partial charge >= 0.3 is 0 Å². The molecule has 0 spiro atoms. The lowest BCUT2D eigenvalue weighted by atomic mass is 9.52. The zero-order valence-electron chi connectivity index (χ0n) is 15.6. The van der Waals surface area contributed by atoms with E-state index in [-0.39, 0.29) is 6.67 Å². The third kappa shape index (κ3) is 2.43. The molecule has 1 aromatic heterocycles. The van der Waals surface area contributed by atoms with Crippen molar-refractivity contribution in [2.24, 2.45) is 5.92 Å². The van der Waals surface area contributed by atoms with E-state index in [0.29, 0.717) is 17.9 Å². The molecule has 0 unspecified atom stereocenters. The van der Waals surface area contributed by atoms with Crippen LogP contribution in [0.2, 0.25) is 0 Å². The summed E-state index contributed by atoms with van der Waals surface area (Å²) >= 11 is 1.75. The summed E-state index contributed by atoms with van der Waals surface area (Å²) in [6.45, 7) is 1.87. The maximum atomic E-state index is 12.8. The first-order valence-electron chi connectivity index (χ1n) is 10.2. The Morgan fingerprint density at radius 2 is 2.27 bits per heavy atom. The van der Waals surface area contributed by atoms with Crippen molar-refractivity contribution in [2.45, 2.75) is 56.4 Å². The Bertz CT molecular complexity index is 819. The second-order valence-electron chi connectivity index (χ2n) is 8.35. The third-order valence-corrected chi connectivity index (χ3v) is 8.28. The van der Waals surface area contributed by atoms with E-state index >= 15 is 0 Å². The molecule has 140 valence electrons. The highest BCUT2D eigenvalue weighted by molar-refractivity contribution is 7.22. The topological polar surface area (TPSA) is 28.2 Å². The lowest BCUT2D eigenvalue weighted by Gasteiger charge is -2.59. The van der Waals surface area contributed by atoms with Crippen LogP contribution in [0.5, 0.6) is 0 Å². The Hall–Kier alpha value is -1.20. The van der Waals surface area contributed by atoms with Crippen molar-refractivity contribution in [1.82, 2.24) is 9.88 Å². The molecule has 3 atom stereocenters. The van der Waals surface area contributed by atoms with Gasteiger partial charge in [0.15, 0.2) is 5.13 Å². The largest absolute Gasteiger partial charge is 0.365 e. The SMILES string of the molecule is CNc1nc2cc3c(cc2s1)C[C@@H]1[C@@H]2CCCC[C@]32CCN1CCCF. The average Bonchev–Trinajstić information content (AvgIpc) is 3.08. The fourth-order valence-corrected chi connectivity index (χ4v) is 7.03. The van der Waals surface area contributed by atoms with Crippen molar-refractivity contribution in [3.63, 3.8) is 0 Å². The number of hydrogen-bond donors (Lipinski definition) is 1. The quantitative estimate of drug-likeness (QED) is 0.838. The number of nitrogens with one attached hydrogen (secondary N) is 1. The highest BCUT2D eigenvalue weighted by Gasteiger charge is 2.53. The van der Waals surface area contributed by atoms with Crippen LogP contribution in [-0.2, 0) is 11.8 Å². The maximum Gasteiger partial charge on any atom is 0.183 e. The molecular formula is C21H28FN3S. The van der Waals surface area contributed by atoms with Crippen molar-refractivity contribution >= 4 is 26.7 Å². The zero-order chi connectivity index (χ0) is 17.7. The van der Waals surface area contributed by atoms with Crippen LogP contribution in [0.1, 0.15) is 49.7 Å². The molecule has 1 aromatic carbocycles. The second-order valence-corrected chi connectivity index (χ2v) is 9.39. The van der Waals surface area contributed by atoms with Gasteiger partial charge in [-0.15, -0.1) is 0 Å². The van der Waals surface area contributed by atoms with E-state index in [1.54, 1.807) is 16.9 Å². The first-order valence-corrected chi connectivity index (χ1v) is 11.0. The molecule has 2 heterocycles. The number of benzene rings is 1. The van der Waals surface area contributed by atoms with Gasteiger partial charge in [-0.3, -0.25) is 9.29 Å². The van der Waals surface area contributed by atoms with Gasteiger partial charge in [-0.05, 0) is 67.8 Å². The highest BCUT2D eigenvalue weighted by atomic mass is 32.1. The summed E-state index contributed by atoms with van der Waals surface area (Å²) in [6.07, 6.45) is 8.43. The van der Waals surface area contributed by atoms with E-state index in [4.69, 9.17) is 4.98 Å². The maximum absolute atomic E-state index is 12.8. The van der Waals surface area contributed by atoms with Crippen molar-refractivity contribution in [3.8, 4) is 0 Å². The van der Waals surface area contributed by atoms with E-state index in [1.165, 1.54) is 42.4 Å². The zero-order valence-corrected chi connectivity index (χ0v) is 16.4. The molecule has 1 saturated carbocycles. The minimum absolute atomic E-state index is 0.191. The number of nitrogens with zero attached hydrogens (tertiary/aromatic N) is 2. The fraction of sp³-hybridized carbons (Fsp3) is 0.667. The third-order valence-electron chi connectivity index (χ3n) is 7.25. The normalized spacial score (nSPS) is 30.8. The van der Waals surface area contributed by atoms with Crippen LogP contribution < -0.4 is 5.32 Å². The van der Waals surface area contributed by atoms with E-state index in [2.05, 4.69) is 22.3 Å². The van der Waals surface area contributed by atoms with Crippen molar-refractivity contribution in [3.05, 3.63) is 23.3 Å². The summed E-state index contributed by atoms with van der Waals surface area (Å²) in [4.78, 5) is 7.41. The van der Waals surface area contributed by atoms with Gasteiger partial charge in [-0.2, -0.15) is 0 Å². The van der Waals surface area contributed by atoms with Crippen LogP contribution in [0.3, 0.4) is 0 Å². The molecular weight excluding hydrogens is 345 g/mol. The Morgan fingerprint density at radius 1 is 1.35 bits per heavy atom. The molecule has 2 fully saturated rings. The molecule has 3 aliphatic rings. The monoisotopic (exact) mass is 373 g/mol. The molecule has 2 aromatic rings. The van der Waals surface area contributed by atoms with Crippen molar-refractivity contribution in [2.75, 3.05) is 32.1 Å². The van der Waals surface area contributed by atoms with Crippen LogP contribution in [0.4, 0.5) is 9.52 Å². The van der Waals surface area contributed by atoms with Crippen molar-refractivity contribution < 1.29 is 4.39 Å². The Kier molecular flexibility index (Phi) is 4.20. The van der Waals surface area contributed by atoms with Crippen LogP contribution in [0, 0.1) is 5.92 Å². The molecule has 2 aliphatic carbocycles. The lowest BCUT2D eigenvalue weighted by Crippen LogP contribution is -2.61. The first kappa shape index (κ1) is 16.9. The average molecular weight is 374 g/mol. The van der Waals surface area contributed by atoms with Gasteiger partial charge in [0.2, 0.25) is 0 Å². The number of aromatic nitrogens is 1. The number of likely N-dealkylation sites (tertiary alicyclic amines) is 1. The van der Waals surface area contributed by atoms with Crippen molar-refractivity contribution in [1.29, 1.82) is 0 Å². The Labute approximate surface area is 159 Å². The van der Waals surface area contributed by atoms with Gasteiger partial charge in [-0.25, -0.2) is 4.98 Å². The van der Waals surface area contributed by atoms with Gasteiger partial charge in [-0.1, -0.05) is 24.2 Å². The van der Waals surface area contributed by atoms with Gasteiger partial charge in [0, 0.05) is 25.0 Å². The fourth-order valence-electron chi connectivity index (χ4n) is 6.16. The summed E-state index contributed by atoms with van der Waals surface area (Å²) in [5.41, 5.74) is 4.65. The number of fused-ring (bicyclic) bond motifs is 2. The van der Waals surface area contributed by atoms with Crippen LogP contribution in [-0.4, -0.2) is 42.7 Å².